The Kier molecular flexibility index (Phi) is 4.41. The monoisotopic (exact) mass is 344 g/mol. The van der Waals surface area contributed by atoms with Gasteiger partial charge in [-0.2, -0.15) is 0 Å². The fourth-order valence-corrected chi connectivity index (χ4v) is 4.47. The van der Waals surface area contributed by atoms with Gasteiger partial charge in [0.15, 0.2) is 0 Å². The molecule has 128 valence electrons. The number of carbonyl (C=O) groups excluding carboxylic acids is 1. The third-order valence-electron chi connectivity index (χ3n) is 5.32. The van der Waals surface area contributed by atoms with Crippen LogP contribution in [0, 0.1) is 0 Å². The summed E-state index contributed by atoms with van der Waals surface area (Å²) in [6.07, 6.45) is 6.58. The van der Waals surface area contributed by atoms with Gasteiger partial charge < -0.3 is 9.88 Å². The average Bonchev–Trinajstić information content (AvgIpc) is 3.15. The molecule has 1 atom stereocenters. The quantitative estimate of drug-likeness (QED) is 0.905. The van der Waals surface area contributed by atoms with Crippen molar-refractivity contribution in [2.24, 2.45) is 7.05 Å². The summed E-state index contributed by atoms with van der Waals surface area (Å²) >= 11 is 1.74. The van der Waals surface area contributed by atoms with Crippen LogP contribution >= 0.6 is 11.3 Å². The van der Waals surface area contributed by atoms with Gasteiger partial charge in [0.25, 0.3) is 0 Å². The molecule has 0 radical (unpaired) electrons. The van der Waals surface area contributed by atoms with Gasteiger partial charge in [0, 0.05) is 37.6 Å². The van der Waals surface area contributed by atoms with E-state index < -0.39 is 0 Å². The van der Waals surface area contributed by atoms with E-state index in [9.17, 15) is 4.79 Å². The largest absolute Gasteiger partial charge is 0.355 e. The minimum Gasteiger partial charge on any atom is -0.355 e. The highest BCUT2D eigenvalue weighted by Gasteiger charge is 2.37. The van der Waals surface area contributed by atoms with E-state index in [1.54, 1.807) is 11.3 Å². The molecule has 0 aromatic carbocycles. The molecule has 1 N–H and O–H groups in total. The summed E-state index contributed by atoms with van der Waals surface area (Å²) in [7, 11) is 2.00. The number of hydrogen-bond donors (Lipinski definition) is 1. The number of hydrogen-bond acceptors (Lipinski definition) is 4. The van der Waals surface area contributed by atoms with E-state index in [0.717, 1.165) is 30.9 Å². The van der Waals surface area contributed by atoms with Crippen LogP contribution in [0.2, 0.25) is 0 Å². The molecule has 1 amide bonds. The van der Waals surface area contributed by atoms with E-state index in [0.29, 0.717) is 12.6 Å². The number of aryl methyl sites for hydroxylation is 1. The molecule has 2 aliphatic rings. The minimum atomic E-state index is -0.106. The molecule has 3 heterocycles. The molecular weight excluding hydrogens is 320 g/mol. The molecule has 4 rings (SSSR count). The number of thiophene rings is 1. The topological polar surface area (TPSA) is 50.2 Å². The first-order valence-electron chi connectivity index (χ1n) is 8.76. The van der Waals surface area contributed by atoms with Gasteiger partial charge in [-0.15, -0.1) is 11.3 Å². The summed E-state index contributed by atoms with van der Waals surface area (Å²) < 4.78 is 2.02. The van der Waals surface area contributed by atoms with Crippen molar-refractivity contribution in [2.75, 3.05) is 13.1 Å². The summed E-state index contributed by atoms with van der Waals surface area (Å²) in [5, 5.41) is 5.22. The summed E-state index contributed by atoms with van der Waals surface area (Å²) in [6.45, 7) is 2.41. The second-order valence-corrected chi connectivity index (χ2v) is 7.91. The summed E-state index contributed by atoms with van der Waals surface area (Å²) in [4.78, 5) is 21.2. The summed E-state index contributed by atoms with van der Waals surface area (Å²) in [6, 6.07) is 4.82. The number of fused-ring (bicyclic) bond motifs is 1. The third kappa shape index (κ3) is 3.00. The summed E-state index contributed by atoms with van der Waals surface area (Å²) in [5.74, 6) is 0.0330. The van der Waals surface area contributed by atoms with Gasteiger partial charge in [-0.25, -0.2) is 4.98 Å². The van der Waals surface area contributed by atoms with Gasteiger partial charge in [0.1, 0.15) is 0 Å². The van der Waals surface area contributed by atoms with Crippen molar-refractivity contribution in [3.8, 4) is 0 Å². The second kappa shape index (κ2) is 6.69. The van der Waals surface area contributed by atoms with E-state index >= 15 is 0 Å². The highest BCUT2D eigenvalue weighted by atomic mass is 32.1. The number of nitrogens with zero attached hydrogens (tertiary/aromatic N) is 3. The van der Waals surface area contributed by atoms with Crippen molar-refractivity contribution in [3.63, 3.8) is 0 Å². The maximum absolute atomic E-state index is 12.8. The first-order valence-corrected chi connectivity index (χ1v) is 9.64. The third-order valence-corrected chi connectivity index (χ3v) is 6.26. The molecule has 1 unspecified atom stereocenters. The van der Waals surface area contributed by atoms with Crippen molar-refractivity contribution in [3.05, 3.63) is 40.1 Å². The number of carbonyl (C=O) groups is 1. The molecular formula is C18H24N4OS. The maximum atomic E-state index is 12.8. The van der Waals surface area contributed by atoms with Crippen LogP contribution in [0.3, 0.4) is 0 Å². The normalized spacial score (nSPS) is 21.3. The molecule has 2 aromatic rings. The number of imidazole rings is 1. The van der Waals surface area contributed by atoms with Crippen molar-refractivity contribution in [1.82, 2.24) is 19.8 Å². The van der Waals surface area contributed by atoms with Crippen LogP contribution in [0.25, 0.3) is 0 Å². The lowest BCUT2D eigenvalue weighted by Gasteiger charge is -2.41. The predicted molar refractivity (Wildman–Crippen MR) is 95.0 cm³/mol. The van der Waals surface area contributed by atoms with Gasteiger partial charge in [-0.3, -0.25) is 9.69 Å². The van der Waals surface area contributed by atoms with Crippen molar-refractivity contribution in [2.45, 2.75) is 44.2 Å². The number of amides is 1. The van der Waals surface area contributed by atoms with Crippen LogP contribution in [0.5, 0.6) is 0 Å². The standard InChI is InChI=1S/C18H24N4OS/c1-21-12-20-16-11-22(13-4-2-5-13)10-15(17(16)21)18(23)19-8-7-14-6-3-9-24-14/h3,6,9,12-13,15H,2,4-5,7-8,10-11H2,1H3,(H,19,23). The Morgan fingerprint density at radius 3 is 3.04 bits per heavy atom. The SMILES string of the molecule is Cn1cnc2c1C(C(=O)NCCc1cccs1)CN(C1CCC1)C2. The van der Waals surface area contributed by atoms with E-state index in [4.69, 9.17) is 0 Å². The van der Waals surface area contributed by atoms with E-state index in [1.807, 2.05) is 17.9 Å². The second-order valence-electron chi connectivity index (χ2n) is 6.87. The highest BCUT2D eigenvalue weighted by molar-refractivity contribution is 7.09. The van der Waals surface area contributed by atoms with E-state index in [1.165, 1.54) is 24.1 Å². The first kappa shape index (κ1) is 15.8. The smallest absolute Gasteiger partial charge is 0.230 e. The van der Waals surface area contributed by atoms with Crippen LogP contribution in [-0.4, -0.2) is 39.5 Å². The molecule has 0 saturated heterocycles. The lowest BCUT2D eigenvalue weighted by atomic mass is 9.87. The van der Waals surface area contributed by atoms with E-state index in [2.05, 4.69) is 32.7 Å². The molecule has 0 spiro atoms. The van der Waals surface area contributed by atoms with Crippen LogP contribution in [0.1, 0.15) is 41.4 Å². The zero-order valence-corrected chi connectivity index (χ0v) is 14.9. The fourth-order valence-electron chi connectivity index (χ4n) is 3.76. The molecule has 1 aliphatic heterocycles. The van der Waals surface area contributed by atoms with Crippen molar-refractivity contribution in [1.29, 1.82) is 0 Å². The van der Waals surface area contributed by atoms with Crippen LogP contribution in [0.15, 0.2) is 23.8 Å². The molecule has 0 bridgehead atoms. The van der Waals surface area contributed by atoms with Gasteiger partial charge >= 0.3 is 0 Å². The fraction of sp³-hybridized carbons (Fsp3) is 0.556. The van der Waals surface area contributed by atoms with Gasteiger partial charge in [0.05, 0.1) is 23.6 Å². The number of aromatic nitrogens is 2. The predicted octanol–water partition coefficient (Wildman–Crippen LogP) is 2.29. The van der Waals surface area contributed by atoms with Gasteiger partial charge in [-0.05, 0) is 30.7 Å². The molecule has 1 aliphatic carbocycles. The molecule has 2 aromatic heterocycles. The number of nitrogens with one attached hydrogen (secondary N) is 1. The highest BCUT2D eigenvalue weighted by Crippen LogP contribution is 2.34. The zero-order valence-electron chi connectivity index (χ0n) is 14.1. The molecule has 24 heavy (non-hydrogen) atoms. The number of rotatable bonds is 5. The Balaban J connectivity index is 1.45. The van der Waals surface area contributed by atoms with Crippen LogP contribution in [-0.2, 0) is 24.8 Å². The first-order chi connectivity index (χ1) is 11.7. The lowest BCUT2D eigenvalue weighted by Crippen LogP contribution is -2.48. The Bertz CT molecular complexity index is 705. The van der Waals surface area contributed by atoms with E-state index in [-0.39, 0.29) is 11.8 Å². The zero-order chi connectivity index (χ0) is 16.5. The van der Waals surface area contributed by atoms with Crippen molar-refractivity contribution >= 4 is 17.2 Å². The Morgan fingerprint density at radius 1 is 1.46 bits per heavy atom. The maximum Gasteiger partial charge on any atom is 0.230 e. The van der Waals surface area contributed by atoms with Gasteiger partial charge in [-0.1, -0.05) is 12.5 Å². The Morgan fingerprint density at radius 2 is 2.33 bits per heavy atom. The van der Waals surface area contributed by atoms with Gasteiger partial charge in [0.2, 0.25) is 5.91 Å². The molecule has 5 nitrogen and oxygen atoms in total. The Hall–Kier alpha value is -1.66. The molecule has 1 fully saturated rings. The lowest BCUT2D eigenvalue weighted by molar-refractivity contribution is -0.123. The molecule has 6 heteroatoms. The minimum absolute atomic E-state index is 0.106. The van der Waals surface area contributed by atoms with Crippen LogP contribution in [0.4, 0.5) is 0 Å². The summed E-state index contributed by atoms with van der Waals surface area (Å²) in [5.41, 5.74) is 2.17. The average molecular weight is 344 g/mol. The van der Waals surface area contributed by atoms with Crippen LogP contribution < -0.4 is 5.32 Å². The Labute approximate surface area is 146 Å². The molecule has 1 saturated carbocycles. The van der Waals surface area contributed by atoms with Crippen molar-refractivity contribution < 1.29 is 4.79 Å².